The van der Waals surface area contributed by atoms with Gasteiger partial charge in [0, 0.05) is 38.2 Å². The molecule has 2 heterocycles. The quantitative estimate of drug-likeness (QED) is 0.750. The number of aryl methyl sites for hydroxylation is 1. The van der Waals surface area contributed by atoms with E-state index in [1.165, 1.54) is 12.5 Å². The summed E-state index contributed by atoms with van der Waals surface area (Å²) < 4.78 is 5.82. The molecule has 6 heteroatoms. The van der Waals surface area contributed by atoms with Gasteiger partial charge in [-0.15, -0.1) is 0 Å². The number of hydrogen-bond acceptors (Lipinski definition) is 5. The van der Waals surface area contributed by atoms with Crippen LogP contribution in [0, 0.1) is 5.92 Å². The number of benzene rings is 2. The van der Waals surface area contributed by atoms with Gasteiger partial charge in [0.15, 0.2) is 0 Å². The molecule has 2 unspecified atom stereocenters. The first-order valence-electron chi connectivity index (χ1n) is 11.7. The molecular weight excluding hydrogens is 402 g/mol. The van der Waals surface area contributed by atoms with Crippen LogP contribution in [0.1, 0.15) is 43.4 Å². The molecule has 0 bridgehead atoms. The predicted molar refractivity (Wildman–Crippen MR) is 123 cm³/mol. The van der Waals surface area contributed by atoms with Crippen molar-refractivity contribution in [1.82, 2.24) is 10.2 Å². The van der Waals surface area contributed by atoms with Crippen molar-refractivity contribution in [1.29, 1.82) is 0 Å². The third kappa shape index (κ3) is 3.77. The van der Waals surface area contributed by atoms with Crippen molar-refractivity contribution in [2.75, 3.05) is 31.2 Å². The van der Waals surface area contributed by atoms with E-state index < -0.39 is 5.54 Å². The number of amides is 1. The lowest BCUT2D eigenvalue weighted by Crippen LogP contribution is -2.57. The van der Waals surface area contributed by atoms with Crippen LogP contribution < -0.4 is 10.2 Å². The number of anilines is 1. The number of nitrogens with one attached hydrogen (secondary N) is 1. The van der Waals surface area contributed by atoms with Gasteiger partial charge in [-0.05, 0) is 48.9 Å². The molecule has 1 amide bonds. The fraction of sp³-hybridized carbons (Fsp3) is 0.462. The SMILES string of the molecule is CC(=O)OC1c2ccccc2CCC1CN1CCC2(CC1)C(=O)NCN2c1ccccc1. The van der Waals surface area contributed by atoms with Crippen LogP contribution in [0.4, 0.5) is 5.69 Å². The second-order valence-electron chi connectivity index (χ2n) is 9.29. The molecule has 32 heavy (non-hydrogen) atoms. The van der Waals surface area contributed by atoms with Crippen molar-refractivity contribution in [3.8, 4) is 0 Å². The summed E-state index contributed by atoms with van der Waals surface area (Å²) in [6.45, 7) is 4.67. The fourth-order valence-electron chi connectivity index (χ4n) is 5.78. The normalized spacial score (nSPS) is 24.8. The Kier molecular flexibility index (Phi) is 5.64. The Morgan fingerprint density at radius 2 is 1.81 bits per heavy atom. The maximum Gasteiger partial charge on any atom is 0.303 e. The lowest BCUT2D eigenvalue weighted by molar-refractivity contribution is -0.151. The van der Waals surface area contributed by atoms with Crippen LogP contribution in [0.5, 0.6) is 0 Å². The molecule has 2 aromatic rings. The Bertz CT molecular complexity index is 985. The van der Waals surface area contributed by atoms with Gasteiger partial charge in [-0.3, -0.25) is 9.59 Å². The predicted octanol–water partition coefficient (Wildman–Crippen LogP) is 3.28. The van der Waals surface area contributed by atoms with E-state index in [1.807, 2.05) is 24.3 Å². The largest absolute Gasteiger partial charge is 0.457 e. The molecular formula is C26H31N3O3. The fourth-order valence-corrected chi connectivity index (χ4v) is 5.78. The number of ether oxygens (including phenoxy) is 1. The average Bonchev–Trinajstić information content (AvgIpc) is 3.12. The molecule has 6 nitrogen and oxygen atoms in total. The van der Waals surface area contributed by atoms with E-state index in [1.54, 1.807) is 0 Å². The highest BCUT2D eigenvalue weighted by molar-refractivity contribution is 5.93. The number of para-hydroxylation sites is 1. The minimum atomic E-state index is -0.466. The van der Waals surface area contributed by atoms with E-state index >= 15 is 0 Å². The van der Waals surface area contributed by atoms with Gasteiger partial charge in [0.2, 0.25) is 5.91 Å². The minimum Gasteiger partial charge on any atom is -0.457 e. The van der Waals surface area contributed by atoms with Crippen molar-refractivity contribution in [2.24, 2.45) is 5.92 Å². The van der Waals surface area contributed by atoms with E-state index in [0.29, 0.717) is 6.67 Å². The second kappa shape index (κ2) is 8.58. The van der Waals surface area contributed by atoms with Gasteiger partial charge < -0.3 is 19.9 Å². The number of hydrogen-bond donors (Lipinski definition) is 1. The Labute approximate surface area is 189 Å². The third-order valence-corrected chi connectivity index (χ3v) is 7.45. The first kappa shape index (κ1) is 21.0. The number of likely N-dealkylation sites (tertiary alicyclic amines) is 1. The van der Waals surface area contributed by atoms with Crippen molar-refractivity contribution >= 4 is 17.6 Å². The van der Waals surface area contributed by atoms with Crippen LogP contribution in [-0.2, 0) is 20.7 Å². The third-order valence-electron chi connectivity index (χ3n) is 7.45. The standard InChI is InChI=1S/C26H31N3O3/c1-19(30)32-24-21(12-11-20-7-5-6-10-23(20)24)17-28-15-13-26(14-16-28)25(31)27-18-29(26)22-8-3-2-4-9-22/h2-10,21,24H,11-18H2,1H3,(H,27,31). The van der Waals surface area contributed by atoms with Crippen LogP contribution in [0.15, 0.2) is 54.6 Å². The summed E-state index contributed by atoms with van der Waals surface area (Å²) in [5.41, 5.74) is 3.07. The molecule has 2 fully saturated rings. The minimum absolute atomic E-state index is 0.144. The molecule has 3 aliphatic rings. The first-order chi connectivity index (χ1) is 15.6. The van der Waals surface area contributed by atoms with Crippen molar-refractivity contribution in [2.45, 2.75) is 44.2 Å². The van der Waals surface area contributed by atoms with Crippen molar-refractivity contribution < 1.29 is 14.3 Å². The zero-order chi connectivity index (χ0) is 22.1. The lowest BCUT2D eigenvalue weighted by Gasteiger charge is -2.45. The number of carbonyl (C=O) groups excluding carboxylic acids is 2. The van der Waals surface area contributed by atoms with E-state index in [9.17, 15) is 9.59 Å². The van der Waals surface area contributed by atoms with Gasteiger partial charge in [-0.25, -0.2) is 0 Å². The van der Waals surface area contributed by atoms with Crippen LogP contribution >= 0.6 is 0 Å². The van der Waals surface area contributed by atoms with Crippen LogP contribution in [0.3, 0.4) is 0 Å². The van der Waals surface area contributed by atoms with E-state index in [-0.39, 0.29) is 23.9 Å². The van der Waals surface area contributed by atoms with E-state index in [2.05, 4.69) is 45.4 Å². The molecule has 2 saturated heterocycles. The van der Waals surface area contributed by atoms with Gasteiger partial charge in [0.25, 0.3) is 0 Å². The summed E-state index contributed by atoms with van der Waals surface area (Å²) in [6.07, 6.45) is 3.43. The molecule has 5 rings (SSSR count). The summed E-state index contributed by atoms with van der Waals surface area (Å²) in [5, 5.41) is 3.08. The number of nitrogens with zero attached hydrogens (tertiary/aromatic N) is 2. The highest BCUT2D eigenvalue weighted by atomic mass is 16.5. The topological polar surface area (TPSA) is 61.9 Å². The molecule has 1 N–H and O–H groups in total. The van der Waals surface area contributed by atoms with E-state index in [4.69, 9.17) is 4.74 Å². The molecule has 168 valence electrons. The molecule has 2 atom stereocenters. The van der Waals surface area contributed by atoms with E-state index in [0.717, 1.165) is 56.6 Å². The summed E-state index contributed by atoms with van der Waals surface area (Å²) in [5.74, 6) is 0.186. The highest BCUT2D eigenvalue weighted by Crippen LogP contribution is 2.40. The summed E-state index contributed by atoms with van der Waals surface area (Å²) in [7, 11) is 0. The monoisotopic (exact) mass is 433 g/mol. The van der Waals surface area contributed by atoms with Gasteiger partial charge in [0.1, 0.15) is 11.6 Å². The van der Waals surface area contributed by atoms with Crippen LogP contribution in [0.25, 0.3) is 0 Å². The van der Waals surface area contributed by atoms with Crippen molar-refractivity contribution in [3.63, 3.8) is 0 Å². The maximum absolute atomic E-state index is 12.9. The molecule has 2 aliphatic heterocycles. The average molecular weight is 434 g/mol. The number of fused-ring (bicyclic) bond motifs is 1. The van der Waals surface area contributed by atoms with Crippen molar-refractivity contribution in [3.05, 3.63) is 65.7 Å². The molecule has 1 spiro atoms. The summed E-state index contributed by atoms with van der Waals surface area (Å²) in [4.78, 5) is 29.5. The number of carbonyl (C=O) groups is 2. The Morgan fingerprint density at radius 3 is 2.56 bits per heavy atom. The smallest absolute Gasteiger partial charge is 0.303 e. The van der Waals surface area contributed by atoms with Gasteiger partial charge >= 0.3 is 5.97 Å². The number of rotatable bonds is 4. The van der Waals surface area contributed by atoms with Gasteiger partial charge in [-0.1, -0.05) is 42.5 Å². The Morgan fingerprint density at radius 1 is 1.09 bits per heavy atom. The Balaban J connectivity index is 1.29. The number of esters is 1. The van der Waals surface area contributed by atoms with Gasteiger partial charge in [0.05, 0.1) is 6.67 Å². The Hall–Kier alpha value is -2.86. The molecule has 0 radical (unpaired) electrons. The van der Waals surface area contributed by atoms with Crippen LogP contribution in [-0.4, -0.2) is 48.6 Å². The second-order valence-corrected chi connectivity index (χ2v) is 9.29. The summed E-state index contributed by atoms with van der Waals surface area (Å²) >= 11 is 0. The first-order valence-corrected chi connectivity index (χ1v) is 11.7. The lowest BCUT2D eigenvalue weighted by atomic mass is 9.80. The molecule has 2 aromatic carbocycles. The number of piperidine rings is 1. The maximum atomic E-state index is 12.9. The summed E-state index contributed by atoms with van der Waals surface area (Å²) in [6, 6.07) is 18.5. The molecule has 0 aromatic heterocycles. The highest BCUT2D eigenvalue weighted by Gasteiger charge is 2.50. The molecule has 1 aliphatic carbocycles. The molecule has 0 saturated carbocycles. The zero-order valence-electron chi connectivity index (χ0n) is 18.6. The zero-order valence-corrected chi connectivity index (χ0v) is 18.6. The van der Waals surface area contributed by atoms with Crippen LogP contribution in [0.2, 0.25) is 0 Å². The van der Waals surface area contributed by atoms with Gasteiger partial charge in [-0.2, -0.15) is 0 Å².